The number of hydrogen-bond donors (Lipinski definition) is 1. The van der Waals surface area contributed by atoms with Gasteiger partial charge in [0.05, 0.1) is 16.6 Å². The van der Waals surface area contributed by atoms with Crippen LogP contribution in [0.5, 0.6) is 0 Å². The average Bonchev–Trinajstić information content (AvgIpc) is 2.87. The minimum absolute atomic E-state index is 0.167. The molecule has 0 atom stereocenters. The fourth-order valence-corrected chi connectivity index (χ4v) is 4.51. The van der Waals surface area contributed by atoms with Gasteiger partial charge >= 0.3 is 11.7 Å². The van der Waals surface area contributed by atoms with Crippen LogP contribution in [0, 0.1) is 0 Å². The molecule has 0 aliphatic rings. The van der Waals surface area contributed by atoms with Crippen molar-refractivity contribution < 1.29 is 14.3 Å². The van der Waals surface area contributed by atoms with E-state index < -0.39 is 36.3 Å². The molecule has 178 valence electrons. The summed E-state index contributed by atoms with van der Waals surface area (Å²) in [5.41, 5.74) is -0.0892. The van der Waals surface area contributed by atoms with Gasteiger partial charge in [0.2, 0.25) is 0 Å². The number of carbonyl (C=O) groups is 2. The number of amides is 1. The number of para-hydroxylation sites is 2. The first kappa shape index (κ1) is 24.0. The fourth-order valence-electron chi connectivity index (χ4n) is 3.58. The van der Waals surface area contributed by atoms with Crippen LogP contribution in [0.25, 0.3) is 10.9 Å². The van der Waals surface area contributed by atoms with Gasteiger partial charge < -0.3 is 10.1 Å². The van der Waals surface area contributed by atoms with Crippen molar-refractivity contribution in [2.45, 2.75) is 29.8 Å². The van der Waals surface area contributed by atoms with Crippen molar-refractivity contribution in [3.05, 3.63) is 99.7 Å². The molecule has 0 spiro atoms. The lowest BCUT2D eigenvalue weighted by Gasteiger charge is -2.13. The summed E-state index contributed by atoms with van der Waals surface area (Å²) >= 11 is 1.50. The van der Waals surface area contributed by atoms with Gasteiger partial charge in [0.15, 0.2) is 6.61 Å². The van der Waals surface area contributed by atoms with Crippen LogP contribution in [0.3, 0.4) is 0 Å². The molecule has 0 saturated heterocycles. The molecule has 35 heavy (non-hydrogen) atoms. The largest absolute Gasteiger partial charge is 0.454 e. The molecule has 0 aliphatic heterocycles. The summed E-state index contributed by atoms with van der Waals surface area (Å²) in [4.78, 5) is 52.2. The molecule has 0 aliphatic carbocycles. The Morgan fingerprint density at radius 1 is 0.886 bits per heavy atom. The highest BCUT2D eigenvalue weighted by molar-refractivity contribution is 7.99. The topological polar surface area (TPSA) is 99.4 Å². The van der Waals surface area contributed by atoms with E-state index >= 15 is 0 Å². The SMILES string of the molecule is CCn1c(=O)c2ccccc2n(CC(=O)OCC(=O)Nc2ccccc2Sc2ccccc2)c1=O. The Morgan fingerprint density at radius 2 is 1.57 bits per heavy atom. The van der Waals surface area contributed by atoms with E-state index in [9.17, 15) is 19.2 Å². The minimum Gasteiger partial charge on any atom is -0.454 e. The lowest BCUT2D eigenvalue weighted by atomic mass is 10.2. The van der Waals surface area contributed by atoms with Gasteiger partial charge in [-0.25, -0.2) is 4.79 Å². The summed E-state index contributed by atoms with van der Waals surface area (Å²) < 4.78 is 7.39. The summed E-state index contributed by atoms with van der Waals surface area (Å²) in [6, 6.07) is 23.6. The highest BCUT2D eigenvalue weighted by atomic mass is 32.2. The predicted octanol–water partition coefficient (Wildman–Crippen LogP) is 3.52. The second-order valence-electron chi connectivity index (χ2n) is 7.56. The number of nitrogens with zero attached hydrogens (tertiary/aromatic N) is 2. The van der Waals surface area contributed by atoms with Gasteiger partial charge in [-0.3, -0.25) is 23.5 Å². The van der Waals surface area contributed by atoms with Gasteiger partial charge in [0.1, 0.15) is 6.54 Å². The maximum Gasteiger partial charge on any atom is 0.332 e. The molecular weight excluding hydrogens is 466 g/mol. The second-order valence-corrected chi connectivity index (χ2v) is 8.67. The first-order valence-electron chi connectivity index (χ1n) is 11.0. The fraction of sp³-hybridized carbons (Fsp3) is 0.154. The Labute approximate surface area is 205 Å². The predicted molar refractivity (Wildman–Crippen MR) is 135 cm³/mol. The van der Waals surface area contributed by atoms with E-state index in [1.165, 1.54) is 16.3 Å². The summed E-state index contributed by atoms with van der Waals surface area (Å²) in [5.74, 6) is -1.27. The second kappa shape index (κ2) is 10.9. The summed E-state index contributed by atoms with van der Waals surface area (Å²) in [6.45, 7) is 0.912. The zero-order valence-electron chi connectivity index (χ0n) is 19.0. The van der Waals surface area contributed by atoms with Crippen molar-refractivity contribution in [3.8, 4) is 0 Å². The first-order valence-corrected chi connectivity index (χ1v) is 11.8. The number of esters is 1. The highest BCUT2D eigenvalue weighted by Gasteiger charge is 2.16. The van der Waals surface area contributed by atoms with E-state index in [0.29, 0.717) is 16.6 Å². The van der Waals surface area contributed by atoms with E-state index in [0.717, 1.165) is 14.4 Å². The lowest BCUT2D eigenvalue weighted by molar-refractivity contribution is -0.147. The van der Waals surface area contributed by atoms with Crippen LogP contribution in [0.4, 0.5) is 5.69 Å². The van der Waals surface area contributed by atoms with Crippen LogP contribution in [0.2, 0.25) is 0 Å². The van der Waals surface area contributed by atoms with E-state index in [1.54, 1.807) is 43.3 Å². The Morgan fingerprint density at radius 3 is 2.34 bits per heavy atom. The van der Waals surface area contributed by atoms with Crippen molar-refractivity contribution in [3.63, 3.8) is 0 Å². The van der Waals surface area contributed by atoms with E-state index in [2.05, 4.69) is 5.32 Å². The van der Waals surface area contributed by atoms with E-state index in [-0.39, 0.29) is 6.54 Å². The Balaban J connectivity index is 1.44. The molecule has 1 N–H and O–H groups in total. The highest BCUT2D eigenvalue weighted by Crippen LogP contribution is 2.33. The molecule has 4 aromatic rings. The van der Waals surface area contributed by atoms with Crippen LogP contribution in [-0.4, -0.2) is 27.6 Å². The van der Waals surface area contributed by atoms with Crippen molar-refractivity contribution in [2.24, 2.45) is 0 Å². The third-order valence-corrected chi connectivity index (χ3v) is 6.32. The number of aromatic nitrogens is 2. The zero-order valence-corrected chi connectivity index (χ0v) is 19.8. The van der Waals surface area contributed by atoms with Crippen molar-refractivity contribution in [1.82, 2.24) is 9.13 Å². The quantitative estimate of drug-likeness (QED) is 0.380. The number of anilines is 1. The monoisotopic (exact) mass is 489 g/mol. The molecule has 0 unspecified atom stereocenters. The number of ether oxygens (including phenoxy) is 1. The van der Waals surface area contributed by atoms with Crippen LogP contribution >= 0.6 is 11.8 Å². The van der Waals surface area contributed by atoms with Crippen LogP contribution in [0.1, 0.15) is 6.92 Å². The number of carbonyl (C=O) groups excluding carboxylic acids is 2. The molecule has 3 aromatic carbocycles. The standard InChI is InChI=1S/C26H23N3O5S/c1-2-28-25(32)19-12-6-8-14-21(19)29(26(28)33)16-24(31)34-17-23(30)27-20-13-7-9-15-22(20)35-18-10-4-3-5-11-18/h3-15H,2,16-17H2,1H3,(H,27,30). The van der Waals surface area contributed by atoms with Gasteiger partial charge in [-0.2, -0.15) is 0 Å². The summed E-state index contributed by atoms with van der Waals surface area (Å²) in [5, 5.41) is 3.09. The van der Waals surface area contributed by atoms with Gasteiger partial charge in [-0.15, -0.1) is 0 Å². The number of hydrogen-bond acceptors (Lipinski definition) is 6. The van der Waals surface area contributed by atoms with Crippen molar-refractivity contribution in [1.29, 1.82) is 0 Å². The lowest BCUT2D eigenvalue weighted by Crippen LogP contribution is -2.41. The average molecular weight is 490 g/mol. The van der Waals surface area contributed by atoms with Gasteiger partial charge in [0.25, 0.3) is 11.5 Å². The van der Waals surface area contributed by atoms with Crippen LogP contribution in [0.15, 0.2) is 98.2 Å². The summed E-state index contributed by atoms with van der Waals surface area (Å²) in [7, 11) is 0. The molecule has 0 radical (unpaired) electrons. The third-order valence-electron chi connectivity index (χ3n) is 5.23. The first-order chi connectivity index (χ1) is 17.0. The molecule has 0 bridgehead atoms. The van der Waals surface area contributed by atoms with E-state index in [4.69, 9.17) is 4.74 Å². The smallest absolute Gasteiger partial charge is 0.332 e. The number of benzene rings is 3. The third kappa shape index (κ3) is 5.52. The Kier molecular flexibility index (Phi) is 7.47. The minimum atomic E-state index is -0.763. The van der Waals surface area contributed by atoms with E-state index in [1.807, 2.05) is 42.5 Å². The molecule has 8 nitrogen and oxygen atoms in total. The Bertz CT molecular complexity index is 1490. The number of nitrogens with one attached hydrogen (secondary N) is 1. The van der Waals surface area contributed by atoms with Crippen LogP contribution in [-0.2, 0) is 27.4 Å². The van der Waals surface area contributed by atoms with Crippen LogP contribution < -0.4 is 16.6 Å². The molecular formula is C26H23N3O5S. The maximum atomic E-state index is 12.8. The summed E-state index contributed by atoms with van der Waals surface area (Å²) in [6.07, 6.45) is 0. The number of rotatable bonds is 8. The Hall–Kier alpha value is -4.11. The molecule has 9 heteroatoms. The van der Waals surface area contributed by atoms with Gasteiger partial charge in [0, 0.05) is 16.3 Å². The zero-order chi connectivity index (χ0) is 24.8. The number of fused-ring (bicyclic) bond motifs is 1. The van der Waals surface area contributed by atoms with Crippen molar-refractivity contribution >= 4 is 40.2 Å². The van der Waals surface area contributed by atoms with Gasteiger partial charge in [-0.1, -0.05) is 54.2 Å². The molecule has 0 saturated carbocycles. The molecule has 1 heterocycles. The molecule has 4 rings (SSSR count). The molecule has 1 amide bonds. The van der Waals surface area contributed by atoms with Crippen molar-refractivity contribution in [2.75, 3.05) is 11.9 Å². The molecule has 0 fully saturated rings. The maximum absolute atomic E-state index is 12.8. The van der Waals surface area contributed by atoms with Gasteiger partial charge in [-0.05, 0) is 43.3 Å². The normalized spacial score (nSPS) is 10.8. The molecule has 1 aromatic heterocycles.